The summed E-state index contributed by atoms with van der Waals surface area (Å²) in [5.74, 6) is -4.39. The van der Waals surface area contributed by atoms with Crippen LogP contribution in [0, 0.1) is 17.8 Å². The number of likely N-dealkylation sites (tertiary alicyclic amines) is 1. The number of fused-ring (bicyclic) bond motifs is 2. The Morgan fingerprint density at radius 2 is 1.61 bits per heavy atom. The number of nitrogens with zero attached hydrogens (tertiary/aromatic N) is 1. The highest BCUT2D eigenvalue weighted by molar-refractivity contribution is 5.83. The third-order valence-corrected chi connectivity index (χ3v) is 7.56. The maximum absolute atomic E-state index is 12.1. The average molecular weight is 428 g/mol. The first-order chi connectivity index (χ1) is 14.5. The highest BCUT2D eigenvalue weighted by Crippen LogP contribution is 2.55. The van der Waals surface area contributed by atoms with Crippen LogP contribution in [0.5, 0.6) is 0 Å². The third kappa shape index (κ3) is 3.80. The number of carbonyl (C=O) groups is 2. The van der Waals surface area contributed by atoms with Crippen LogP contribution in [0.25, 0.3) is 0 Å². The summed E-state index contributed by atoms with van der Waals surface area (Å²) in [6, 6.07) is 10.4. The molecule has 1 aromatic carbocycles. The van der Waals surface area contributed by atoms with Gasteiger partial charge in [-0.3, -0.25) is 14.5 Å². The summed E-state index contributed by atoms with van der Waals surface area (Å²) in [6.07, 6.45) is 5.48. The van der Waals surface area contributed by atoms with Gasteiger partial charge in [0.1, 0.15) is 11.5 Å². The van der Waals surface area contributed by atoms with E-state index in [0.29, 0.717) is 6.42 Å². The second-order valence-electron chi connectivity index (χ2n) is 10.7. The predicted octanol–water partition coefficient (Wildman–Crippen LogP) is 3.95. The van der Waals surface area contributed by atoms with Crippen LogP contribution in [0.2, 0.25) is 0 Å². The first kappa shape index (κ1) is 22.0. The van der Waals surface area contributed by atoms with Crippen molar-refractivity contribution in [1.29, 1.82) is 0 Å². The molecule has 2 N–H and O–H groups in total. The Bertz CT molecular complexity index is 874. The van der Waals surface area contributed by atoms with Gasteiger partial charge in [0, 0.05) is 17.6 Å². The van der Waals surface area contributed by atoms with Crippen LogP contribution in [-0.4, -0.2) is 49.8 Å². The van der Waals surface area contributed by atoms with E-state index >= 15 is 0 Å². The lowest BCUT2D eigenvalue weighted by Gasteiger charge is -2.56. The van der Waals surface area contributed by atoms with Crippen molar-refractivity contribution in [2.45, 2.75) is 76.3 Å². The van der Waals surface area contributed by atoms with E-state index in [1.807, 2.05) is 18.2 Å². The van der Waals surface area contributed by atoms with Gasteiger partial charge in [-0.2, -0.15) is 0 Å². The van der Waals surface area contributed by atoms with Gasteiger partial charge in [-0.15, -0.1) is 0 Å². The van der Waals surface area contributed by atoms with Gasteiger partial charge in [0.15, 0.2) is 0 Å². The summed E-state index contributed by atoms with van der Waals surface area (Å²) in [6.45, 7) is 9.67. The topological polar surface area (TPSA) is 87.1 Å². The van der Waals surface area contributed by atoms with Crippen molar-refractivity contribution < 1.29 is 24.5 Å². The lowest BCUT2D eigenvalue weighted by atomic mass is 9.76. The Labute approximate surface area is 183 Å². The van der Waals surface area contributed by atoms with Gasteiger partial charge >= 0.3 is 11.9 Å². The number of carboxylic acids is 2. The summed E-state index contributed by atoms with van der Waals surface area (Å²) >= 11 is 0. The molecule has 1 saturated heterocycles. The molecule has 6 heteroatoms. The molecule has 0 radical (unpaired) electrons. The fourth-order valence-corrected chi connectivity index (χ4v) is 6.48. The predicted molar refractivity (Wildman–Crippen MR) is 116 cm³/mol. The van der Waals surface area contributed by atoms with E-state index in [2.05, 4.69) is 56.9 Å². The Balaban J connectivity index is 1.56. The second kappa shape index (κ2) is 7.45. The Morgan fingerprint density at radius 3 is 2.16 bits per heavy atom. The van der Waals surface area contributed by atoms with Crippen LogP contribution in [0.4, 0.5) is 0 Å². The summed E-state index contributed by atoms with van der Waals surface area (Å²) in [5, 5.41) is 19.5. The molecule has 4 unspecified atom stereocenters. The normalized spacial score (nSPS) is 34.1. The molecule has 6 nitrogen and oxygen atoms in total. The van der Waals surface area contributed by atoms with Crippen molar-refractivity contribution >= 4 is 11.9 Å². The second-order valence-corrected chi connectivity index (χ2v) is 10.7. The highest BCUT2D eigenvalue weighted by atomic mass is 16.5. The van der Waals surface area contributed by atoms with E-state index < -0.39 is 29.4 Å². The zero-order valence-electron chi connectivity index (χ0n) is 18.7. The molecule has 2 fully saturated rings. The number of ether oxygens (including phenoxy) is 1. The Hall–Kier alpha value is -2.18. The molecule has 1 aliphatic heterocycles. The van der Waals surface area contributed by atoms with Crippen molar-refractivity contribution in [3.05, 3.63) is 48.0 Å². The molecule has 4 rings (SSSR count). The Kier molecular flexibility index (Phi) is 5.30. The van der Waals surface area contributed by atoms with E-state index in [1.54, 1.807) is 0 Å². The fourth-order valence-electron chi connectivity index (χ4n) is 6.48. The summed E-state index contributed by atoms with van der Waals surface area (Å²) < 4.78 is 6.60. The fraction of sp³-hybridized carbons (Fsp3) is 0.600. The number of benzene rings is 1. The number of aliphatic carboxylic acids is 2. The average Bonchev–Trinajstić information content (AvgIpc) is 3.20. The van der Waals surface area contributed by atoms with E-state index in [0.717, 1.165) is 19.4 Å². The number of carboxylic acid groups (broad SMARTS) is 2. The largest absolute Gasteiger partial charge is 0.481 e. The molecule has 3 aliphatic rings. The lowest BCUT2D eigenvalue weighted by molar-refractivity contribution is -0.178. The third-order valence-electron chi connectivity index (χ3n) is 7.56. The summed E-state index contributed by atoms with van der Waals surface area (Å²) in [4.78, 5) is 26.4. The van der Waals surface area contributed by atoms with Crippen LogP contribution in [0.15, 0.2) is 42.5 Å². The van der Waals surface area contributed by atoms with Crippen LogP contribution in [0.1, 0.15) is 52.5 Å². The van der Waals surface area contributed by atoms with Gasteiger partial charge in [-0.05, 0) is 58.4 Å². The molecule has 1 saturated carbocycles. The van der Waals surface area contributed by atoms with Gasteiger partial charge in [0.05, 0.1) is 12.0 Å². The maximum Gasteiger partial charge on any atom is 0.310 e. The number of piperidine rings is 1. The summed E-state index contributed by atoms with van der Waals surface area (Å²) in [7, 11) is 0. The minimum absolute atomic E-state index is 0.144. The van der Waals surface area contributed by atoms with E-state index in [4.69, 9.17) is 4.74 Å². The van der Waals surface area contributed by atoms with Gasteiger partial charge in [0.25, 0.3) is 0 Å². The molecule has 0 aromatic heterocycles. The van der Waals surface area contributed by atoms with Crippen LogP contribution < -0.4 is 0 Å². The molecular weight excluding hydrogens is 394 g/mol. The Morgan fingerprint density at radius 1 is 1.00 bits per heavy atom. The van der Waals surface area contributed by atoms with Crippen LogP contribution >= 0.6 is 0 Å². The molecule has 1 aromatic rings. The number of hydrogen-bond acceptors (Lipinski definition) is 4. The minimum atomic E-state index is -1.08. The molecule has 168 valence electrons. The van der Waals surface area contributed by atoms with Crippen molar-refractivity contribution in [2.24, 2.45) is 17.8 Å². The smallest absolute Gasteiger partial charge is 0.310 e. The quantitative estimate of drug-likeness (QED) is 0.669. The van der Waals surface area contributed by atoms with Gasteiger partial charge in [-0.25, -0.2) is 0 Å². The molecule has 0 spiro atoms. The first-order valence-corrected chi connectivity index (χ1v) is 11.1. The van der Waals surface area contributed by atoms with E-state index in [9.17, 15) is 19.8 Å². The molecule has 31 heavy (non-hydrogen) atoms. The van der Waals surface area contributed by atoms with Gasteiger partial charge < -0.3 is 14.9 Å². The molecular formula is C25H33NO5. The van der Waals surface area contributed by atoms with Crippen LogP contribution in [-0.2, 0) is 20.9 Å². The molecule has 2 aliphatic carbocycles. The first-order valence-electron chi connectivity index (χ1n) is 11.1. The van der Waals surface area contributed by atoms with Gasteiger partial charge in [-0.1, -0.05) is 42.5 Å². The standard InChI is InChI=1S/C25H33NO5/c1-23(2)13-18(14-24(3,4)26(23)15-16-8-6-5-7-9-16)31-25-11-10-17(12-25)19(21(27)28)20(25)22(29)30/h5-11,17-20H,12-15H2,1-4H3,(H,27,28)(H,29,30). The van der Waals surface area contributed by atoms with Crippen molar-refractivity contribution in [3.63, 3.8) is 0 Å². The molecule has 0 amide bonds. The zero-order valence-corrected chi connectivity index (χ0v) is 18.7. The van der Waals surface area contributed by atoms with E-state index in [1.165, 1.54) is 5.56 Å². The van der Waals surface area contributed by atoms with Crippen molar-refractivity contribution in [2.75, 3.05) is 0 Å². The maximum atomic E-state index is 12.1. The lowest BCUT2D eigenvalue weighted by Crippen LogP contribution is -2.62. The SMILES string of the molecule is CC1(C)CC(OC23C=CC(C2)C(C(=O)O)C3C(=O)O)CC(C)(C)N1Cc1ccccc1. The van der Waals surface area contributed by atoms with E-state index in [-0.39, 0.29) is 23.1 Å². The molecule has 4 atom stereocenters. The van der Waals surface area contributed by atoms with Gasteiger partial charge in [0.2, 0.25) is 0 Å². The number of allylic oxidation sites excluding steroid dienone is 1. The number of hydrogen-bond donors (Lipinski definition) is 2. The van der Waals surface area contributed by atoms with Crippen LogP contribution in [0.3, 0.4) is 0 Å². The van der Waals surface area contributed by atoms with Crippen molar-refractivity contribution in [1.82, 2.24) is 4.90 Å². The molecule has 1 heterocycles. The minimum Gasteiger partial charge on any atom is -0.481 e. The zero-order chi connectivity index (χ0) is 22.6. The number of rotatable bonds is 6. The van der Waals surface area contributed by atoms with Crippen molar-refractivity contribution in [3.8, 4) is 0 Å². The monoisotopic (exact) mass is 427 g/mol. The highest BCUT2D eigenvalue weighted by Gasteiger charge is 2.63. The molecule has 2 bridgehead atoms. The summed E-state index contributed by atoms with van der Waals surface area (Å²) in [5.41, 5.74) is -0.0964.